The molecule has 0 aliphatic heterocycles. The summed E-state index contributed by atoms with van der Waals surface area (Å²) >= 11 is 0. The van der Waals surface area contributed by atoms with Gasteiger partial charge in [0.1, 0.15) is 5.82 Å². The number of carbonyl (C=O) groups is 1. The summed E-state index contributed by atoms with van der Waals surface area (Å²) in [5, 5.41) is 0. The Morgan fingerprint density at radius 2 is 2.00 bits per heavy atom. The molecule has 1 heterocycles. The number of aryl methyl sites for hydroxylation is 1. The fraction of sp³-hybridized carbons (Fsp3) is 0.286. The van der Waals surface area contributed by atoms with E-state index in [2.05, 4.69) is 4.98 Å². The van der Waals surface area contributed by atoms with Gasteiger partial charge in [0.05, 0.1) is 6.54 Å². The number of rotatable bonds is 4. The summed E-state index contributed by atoms with van der Waals surface area (Å²) in [6, 6.07) is 7.36. The van der Waals surface area contributed by atoms with Crippen molar-refractivity contribution in [2.24, 2.45) is 12.8 Å². The van der Waals surface area contributed by atoms with E-state index in [4.69, 9.17) is 5.73 Å². The van der Waals surface area contributed by atoms with Gasteiger partial charge in [-0.1, -0.05) is 12.1 Å². The molecular weight excluding hydrogens is 276 g/mol. The molecule has 0 atom stereocenters. The molecule has 0 fully saturated rings. The van der Waals surface area contributed by atoms with Gasteiger partial charge in [-0.3, -0.25) is 4.79 Å². The van der Waals surface area contributed by atoms with Crippen LogP contribution in [0, 0.1) is 0 Å². The van der Waals surface area contributed by atoms with Crippen LogP contribution in [0.1, 0.15) is 21.7 Å². The topological polar surface area (TPSA) is 64.2 Å². The molecule has 0 radical (unpaired) electrons. The van der Waals surface area contributed by atoms with E-state index in [-0.39, 0.29) is 18.3 Å². The van der Waals surface area contributed by atoms with Gasteiger partial charge in [0.15, 0.2) is 0 Å². The first-order valence-corrected chi connectivity index (χ1v) is 6.12. The highest BCUT2D eigenvalue weighted by atomic mass is 35.5. The number of nitrogens with two attached hydrogens (primary N) is 1. The van der Waals surface area contributed by atoms with E-state index in [1.807, 2.05) is 29.9 Å². The number of carbonyl (C=O) groups excluding carboxylic acids is 1. The summed E-state index contributed by atoms with van der Waals surface area (Å²) in [4.78, 5) is 18.1. The first-order valence-electron chi connectivity index (χ1n) is 6.12. The zero-order chi connectivity index (χ0) is 13.8. The molecule has 0 aliphatic carbocycles. The Hall–Kier alpha value is -1.85. The molecule has 0 bridgehead atoms. The molecule has 6 heteroatoms. The number of imidazole rings is 1. The summed E-state index contributed by atoms with van der Waals surface area (Å²) < 4.78 is 1.90. The molecule has 0 spiro atoms. The maximum atomic E-state index is 12.2. The third-order valence-corrected chi connectivity index (χ3v) is 3.08. The van der Waals surface area contributed by atoms with Gasteiger partial charge in [0.2, 0.25) is 0 Å². The first kappa shape index (κ1) is 16.2. The van der Waals surface area contributed by atoms with Crippen molar-refractivity contribution < 1.29 is 4.79 Å². The average Bonchev–Trinajstić information content (AvgIpc) is 2.83. The van der Waals surface area contributed by atoms with Crippen molar-refractivity contribution >= 4 is 18.3 Å². The molecule has 2 aromatic rings. The fourth-order valence-corrected chi connectivity index (χ4v) is 1.84. The van der Waals surface area contributed by atoms with Crippen LogP contribution in [0.4, 0.5) is 0 Å². The molecule has 20 heavy (non-hydrogen) atoms. The number of nitrogens with zero attached hydrogens (tertiary/aromatic N) is 3. The summed E-state index contributed by atoms with van der Waals surface area (Å²) in [7, 11) is 3.69. The molecule has 2 N–H and O–H groups in total. The third kappa shape index (κ3) is 3.59. The minimum Gasteiger partial charge on any atom is -0.337 e. The van der Waals surface area contributed by atoms with Crippen molar-refractivity contribution in [1.29, 1.82) is 0 Å². The van der Waals surface area contributed by atoms with Crippen molar-refractivity contribution in [1.82, 2.24) is 14.5 Å². The Labute approximate surface area is 124 Å². The average molecular weight is 295 g/mol. The molecule has 5 nitrogen and oxygen atoms in total. The minimum atomic E-state index is -0.0217. The fourth-order valence-electron chi connectivity index (χ4n) is 1.84. The Kier molecular flexibility index (Phi) is 5.73. The number of hydrogen-bond donors (Lipinski definition) is 1. The second-order valence-corrected chi connectivity index (χ2v) is 4.52. The van der Waals surface area contributed by atoms with E-state index in [9.17, 15) is 4.79 Å². The van der Waals surface area contributed by atoms with Crippen LogP contribution in [-0.4, -0.2) is 27.4 Å². The maximum Gasteiger partial charge on any atom is 0.254 e. The molecule has 0 saturated heterocycles. The number of amides is 1. The van der Waals surface area contributed by atoms with Gasteiger partial charge in [-0.25, -0.2) is 4.98 Å². The lowest BCUT2D eigenvalue weighted by Crippen LogP contribution is -2.27. The summed E-state index contributed by atoms with van der Waals surface area (Å²) in [6.07, 6.45) is 3.59. The van der Waals surface area contributed by atoms with Crippen LogP contribution >= 0.6 is 12.4 Å². The molecular formula is C14H19ClN4O. The quantitative estimate of drug-likeness (QED) is 0.931. The molecule has 1 aromatic carbocycles. The molecule has 2 rings (SSSR count). The van der Waals surface area contributed by atoms with Crippen molar-refractivity contribution in [2.45, 2.75) is 13.1 Å². The smallest absolute Gasteiger partial charge is 0.254 e. The lowest BCUT2D eigenvalue weighted by atomic mass is 10.1. The Morgan fingerprint density at radius 1 is 1.35 bits per heavy atom. The van der Waals surface area contributed by atoms with Gasteiger partial charge in [-0.2, -0.15) is 0 Å². The Balaban J connectivity index is 0.00000200. The molecule has 0 aliphatic rings. The molecule has 0 unspecified atom stereocenters. The van der Waals surface area contributed by atoms with Gasteiger partial charge < -0.3 is 15.2 Å². The van der Waals surface area contributed by atoms with E-state index in [0.29, 0.717) is 18.7 Å². The normalized spacial score (nSPS) is 9.95. The van der Waals surface area contributed by atoms with E-state index < -0.39 is 0 Å². The Morgan fingerprint density at radius 3 is 2.50 bits per heavy atom. The highest BCUT2D eigenvalue weighted by molar-refractivity contribution is 5.94. The number of benzene rings is 1. The number of halogens is 1. The summed E-state index contributed by atoms with van der Waals surface area (Å²) in [5.74, 6) is 0.834. The first-order chi connectivity index (χ1) is 9.11. The molecule has 0 saturated carbocycles. The van der Waals surface area contributed by atoms with Crippen LogP contribution in [-0.2, 0) is 20.1 Å². The lowest BCUT2D eigenvalue weighted by Gasteiger charge is -2.17. The van der Waals surface area contributed by atoms with E-state index in [1.165, 1.54) is 0 Å². The van der Waals surface area contributed by atoms with Crippen LogP contribution in [0.2, 0.25) is 0 Å². The van der Waals surface area contributed by atoms with Crippen molar-refractivity contribution in [3.05, 3.63) is 53.6 Å². The van der Waals surface area contributed by atoms with Gasteiger partial charge in [-0.15, -0.1) is 12.4 Å². The standard InChI is InChI=1S/C14H18N4O.ClH/c1-17-8-7-16-13(17)10-18(2)14(19)12-5-3-11(9-15)4-6-12;/h3-8H,9-10,15H2,1-2H3;1H. The largest absolute Gasteiger partial charge is 0.337 e. The van der Waals surface area contributed by atoms with Gasteiger partial charge in [-0.05, 0) is 17.7 Å². The lowest BCUT2D eigenvalue weighted by molar-refractivity contribution is 0.0780. The predicted molar refractivity (Wildman–Crippen MR) is 80.6 cm³/mol. The zero-order valence-corrected chi connectivity index (χ0v) is 12.4. The van der Waals surface area contributed by atoms with Crippen molar-refractivity contribution in [2.75, 3.05) is 7.05 Å². The molecule has 1 aromatic heterocycles. The van der Waals surface area contributed by atoms with Crippen LogP contribution in [0.25, 0.3) is 0 Å². The third-order valence-electron chi connectivity index (χ3n) is 3.08. The maximum absolute atomic E-state index is 12.2. The minimum absolute atomic E-state index is 0. The van der Waals surface area contributed by atoms with E-state index in [1.54, 1.807) is 30.3 Å². The summed E-state index contributed by atoms with van der Waals surface area (Å²) in [6.45, 7) is 0.971. The Bertz CT molecular complexity index is 565. The predicted octanol–water partition coefficient (Wildman–Crippen LogP) is 1.57. The van der Waals surface area contributed by atoms with Crippen molar-refractivity contribution in [3.63, 3.8) is 0 Å². The van der Waals surface area contributed by atoms with Gasteiger partial charge >= 0.3 is 0 Å². The van der Waals surface area contributed by atoms with Crippen LogP contribution in [0.3, 0.4) is 0 Å². The van der Waals surface area contributed by atoms with E-state index >= 15 is 0 Å². The second-order valence-electron chi connectivity index (χ2n) is 4.52. The van der Waals surface area contributed by atoms with Gasteiger partial charge in [0.25, 0.3) is 5.91 Å². The molecule has 108 valence electrons. The highest BCUT2D eigenvalue weighted by Crippen LogP contribution is 2.08. The summed E-state index contributed by atoms with van der Waals surface area (Å²) in [5.41, 5.74) is 7.21. The monoisotopic (exact) mass is 294 g/mol. The van der Waals surface area contributed by atoms with Crippen LogP contribution < -0.4 is 5.73 Å². The zero-order valence-electron chi connectivity index (χ0n) is 11.6. The highest BCUT2D eigenvalue weighted by Gasteiger charge is 2.13. The van der Waals surface area contributed by atoms with Crippen LogP contribution in [0.15, 0.2) is 36.7 Å². The SMILES string of the molecule is CN(Cc1nccn1C)C(=O)c1ccc(CN)cc1.Cl. The number of hydrogen-bond acceptors (Lipinski definition) is 3. The number of aromatic nitrogens is 2. The van der Waals surface area contributed by atoms with Gasteiger partial charge in [0, 0.05) is 38.6 Å². The second kappa shape index (κ2) is 7.07. The van der Waals surface area contributed by atoms with Crippen molar-refractivity contribution in [3.8, 4) is 0 Å². The van der Waals surface area contributed by atoms with Crippen LogP contribution in [0.5, 0.6) is 0 Å². The molecule has 1 amide bonds. The van der Waals surface area contributed by atoms with E-state index in [0.717, 1.165) is 11.4 Å².